The van der Waals surface area contributed by atoms with Gasteiger partial charge in [0, 0.05) is 6.42 Å². The lowest BCUT2D eigenvalue weighted by molar-refractivity contribution is -0.144. The van der Waals surface area contributed by atoms with E-state index >= 15 is 0 Å². The molecule has 3 heteroatoms. The van der Waals surface area contributed by atoms with Gasteiger partial charge in [-0.25, -0.2) is 0 Å². The Bertz CT molecular complexity index is 220. The summed E-state index contributed by atoms with van der Waals surface area (Å²) in [5, 5.41) is 0. The van der Waals surface area contributed by atoms with Crippen LogP contribution in [0.15, 0.2) is 12.7 Å². The molecule has 0 aliphatic carbocycles. The van der Waals surface area contributed by atoms with E-state index in [9.17, 15) is 9.59 Å². The maximum absolute atomic E-state index is 11.0. The Hall–Kier alpha value is -1.12. The van der Waals surface area contributed by atoms with Crippen LogP contribution in [0.3, 0.4) is 0 Å². The average Bonchev–Trinajstić information content (AvgIpc) is 2.30. The van der Waals surface area contributed by atoms with Crippen LogP contribution in [-0.2, 0) is 14.3 Å². The van der Waals surface area contributed by atoms with Crippen LogP contribution in [0.5, 0.6) is 0 Å². The summed E-state index contributed by atoms with van der Waals surface area (Å²) in [6, 6.07) is 0. The highest BCUT2D eigenvalue weighted by Gasteiger charge is 2.32. The third-order valence-electron chi connectivity index (χ3n) is 1.94. The van der Waals surface area contributed by atoms with Crippen molar-refractivity contribution in [1.29, 1.82) is 0 Å². The van der Waals surface area contributed by atoms with E-state index in [-0.39, 0.29) is 30.2 Å². The molecule has 0 N–H and O–H groups in total. The first-order valence-corrected chi connectivity index (χ1v) is 3.99. The Morgan fingerprint density at radius 3 is 2.92 bits per heavy atom. The van der Waals surface area contributed by atoms with Crippen LogP contribution in [0.1, 0.15) is 19.8 Å². The summed E-state index contributed by atoms with van der Waals surface area (Å²) in [5.41, 5.74) is 0. The molecule has 1 fully saturated rings. The minimum atomic E-state index is -0.252. The van der Waals surface area contributed by atoms with Crippen molar-refractivity contribution in [3.63, 3.8) is 0 Å². The van der Waals surface area contributed by atoms with Gasteiger partial charge < -0.3 is 4.74 Å². The Morgan fingerprint density at radius 2 is 2.50 bits per heavy atom. The molecule has 0 amide bonds. The highest BCUT2D eigenvalue weighted by molar-refractivity contribution is 5.92. The Morgan fingerprint density at radius 1 is 1.83 bits per heavy atom. The summed E-state index contributed by atoms with van der Waals surface area (Å²) in [6.45, 7) is 5.17. The van der Waals surface area contributed by atoms with Gasteiger partial charge in [0.2, 0.25) is 0 Å². The zero-order valence-electron chi connectivity index (χ0n) is 7.08. The lowest BCUT2D eigenvalue weighted by atomic mass is 9.99. The van der Waals surface area contributed by atoms with E-state index in [1.54, 1.807) is 0 Å². The second-order valence-corrected chi connectivity index (χ2v) is 3.05. The van der Waals surface area contributed by atoms with Crippen molar-refractivity contribution in [1.82, 2.24) is 0 Å². The number of esters is 1. The number of ketones is 1. The molecule has 0 aromatic carbocycles. The summed E-state index contributed by atoms with van der Waals surface area (Å²) in [4.78, 5) is 21.9. The summed E-state index contributed by atoms with van der Waals surface area (Å²) in [6.07, 6.45) is 2.10. The van der Waals surface area contributed by atoms with Gasteiger partial charge in [-0.15, -0.1) is 0 Å². The molecule has 0 unspecified atom stereocenters. The number of cyclic esters (lactones) is 1. The zero-order chi connectivity index (χ0) is 9.14. The molecule has 0 radical (unpaired) electrons. The maximum Gasteiger partial charge on any atom is 0.309 e. The van der Waals surface area contributed by atoms with Gasteiger partial charge in [-0.1, -0.05) is 6.58 Å². The first-order chi connectivity index (χ1) is 5.63. The van der Waals surface area contributed by atoms with Crippen molar-refractivity contribution < 1.29 is 14.3 Å². The van der Waals surface area contributed by atoms with Crippen molar-refractivity contribution in [2.45, 2.75) is 25.9 Å². The lowest BCUT2D eigenvalue weighted by Gasteiger charge is -1.99. The van der Waals surface area contributed by atoms with Crippen LogP contribution in [-0.4, -0.2) is 17.9 Å². The molecule has 3 nitrogen and oxygen atoms in total. The number of ether oxygens (including phenoxy) is 1. The largest absolute Gasteiger partial charge is 0.462 e. The molecule has 0 aromatic heterocycles. The van der Waals surface area contributed by atoms with Gasteiger partial charge >= 0.3 is 5.97 Å². The number of allylic oxidation sites excluding steroid dienone is 1. The van der Waals surface area contributed by atoms with E-state index in [2.05, 4.69) is 6.58 Å². The van der Waals surface area contributed by atoms with Gasteiger partial charge in [-0.05, 0) is 19.4 Å². The Labute approximate surface area is 71.4 Å². The maximum atomic E-state index is 11.0. The molecule has 0 aromatic rings. The predicted octanol–water partition coefficient (Wildman–Crippen LogP) is 1.08. The van der Waals surface area contributed by atoms with E-state index in [1.807, 2.05) is 6.92 Å². The molecular formula is C9H12O3. The van der Waals surface area contributed by atoms with E-state index in [0.29, 0.717) is 6.42 Å². The molecular weight excluding hydrogens is 156 g/mol. The van der Waals surface area contributed by atoms with Gasteiger partial charge in [0.1, 0.15) is 0 Å². The highest BCUT2D eigenvalue weighted by Crippen LogP contribution is 2.23. The minimum absolute atomic E-state index is 0.0416. The molecule has 1 heterocycles. The quantitative estimate of drug-likeness (QED) is 0.468. The van der Waals surface area contributed by atoms with Crippen LogP contribution >= 0.6 is 0 Å². The SMILES string of the molecule is C=CC(=O)C[C@H]1C[C@@H](C)OC1=O. The van der Waals surface area contributed by atoms with E-state index in [4.69, 9.17) is 4.74 Å². The Kier molecular flexibility index (Phi) is 2.63. The second kappa shape index (κ2) is 3.52. The van der Waals surface area contributed by atoms with Gasteiger partial charge in [-0.3, -0.25) is 9.59 Å². The van der Waals surface area contributed by atoms with Crippen LogP contribution in [0.25, 0.3) is 0 Å². The Balaban J connectivity index is 2.48. The second-order valence-electron chi connectivity index (χ2n) is 3.05. The number of carbonyl (C=O) groups is 2. The van der Waals surface area contributed by atoms with Gasteiger partial charge in [0.15, 0.2) is 5.78 Å². The molecule has 1 rings (SSSR count). The number of rotatable bonds is 3. The van der Waals surface area contributed by atoms with E-state index in [0.717, 1.165) is 0 Å². The topological polar surface area (TPSA) is 43.4 Å². The third kappa shape index (κ3) is 1.94. The number of hydrogen-bond acceptors (Lipinski definition) is 3. The average molecular weight is 168 g/mol. The monoisotopic (exact) mass is 168 g/mol. The van der Waals surface area contributed by atoms with Crippen molar-refractivity contribution in [2.75, 3.05) is 0 Å². The fraction of sp³-hybridized carbons (Fsp3) is 0.556. The summed E-state index contributed by atoms with van der Waals surface area (Å²) in [5.74, 6) is -0.589. The molecule has 1 aliphatic heterocycles. The van der Waals surface area contributed by atoms with E-state index in [1.165, 1.54) is 6.08 Å². The molecule has 1 aliphatic rings. The number of hydrogen-bond donors (Lipinski definition) is 0. The molecule has 2 atom stereocenters. The summed E-state index contributed by atoms with van der Waals surface area (Å²) < 4.78 is 4.89. The normalized spacial score (nSPS) is 28.2. The molecule has 0 saturated carbocycles. The first-order valence-electron chi connectivity index (χ1n) is 3.99. The van der Waals surface area contributed by atoms with Crippen LogP contribution in [0.2, 0.25) is 0 Å². The summed E-state index contributed by atoms with van der Waals surface area (Å²) >= 11 is 0. The molecule has 12 heavy (non-hydrogen) atoms. The van der Waals surface area contributed by atoms with Gasteiger partial charge in [0.05, 0.1) is 12.0 Å². The fourth-order valence-electron chi connectivity index (χ4n) is 1.33. The first kappa shape index (κ1) is 8.97. The molecule has 1 saturated heterocycles. The van der Waals surface area contributed by atoms with Gasteiger partial charge in [0.25, 0.3) is 0 Å². The van der Waals surface area contributed by atoms with Crippen molar-refractivity contribution in [3.05, 3.63) is 12.7 Å². The fourth-order valence-corrected chi connectivity index (χ4v) is 1.33. The van der Waals surface area contributed by atoms with Gasteiger partial charge in [-0.2, -0.15) is 0 Å². The highest BCUT2D eigenvalue weighted by atomic mass is 16.5. The standard InChI is InChI=1S/C9H12O3/c1-3-8(10)5-7-4-6(2)12-9(7)11/h3,6-7H,1,4-5H2,2H3/t6-,7-/m1/s1. The predicted molar refractivity (Wildman–Crippen MR) is 43.5 cm³/mol. The lowest BCUT2D eigenvalue weighted by Crippen LogP contribution is -2.11. The molecule has 66 valence electrons. The zero-order valence-corrected chi connectivity index (χ0v) is 7.08. The van der Waals surface area contributed by atoms with Crippen LogP contribution in [0.4, 0.5) is 0 Å². The van der Waals surface area contributed by atoms with Crippen LogP contribution < -0.4 is 0 Å². The van der Waals surface area contributed by atoms with E-state index < -0.39 is 0 Å². The number of carbonyl (C=O) groups excluding carboxylic acids is 2. The summed E-state index contributed by atoms with van der Waals surface area (Å²) in [7, 11) is 0. The molecule has 0 spiro atoms. The smallest absolute Gasteiger partial charge is 0.309 e. The molecule has 0 bridgehead atoms. The van der Waals surface area contributed by atoms with Crippen molar-refractivity contribution in [3.8, 4) is 0 Å². The minimum Gasteiger partial charge on any atom is -0.462 e. The van der Waals surface area contributed by atoms with Crippen molar-refractivity contribution >= 4 is 11.8 Å². The van der Waals surface area contributed by atoms with Crippen molar-refractivity contribution in [2.24, 2.45) is 5.92 Å². The van der Waals surface area contributed by atoms with Crippen LogP contribution in [0, 0.1) is 5.92 Å². The third-order valence-corrected chi connectivity index (χ3v) is 1.94.